The molecule has 1 aromatic rings. The summed E-state index contributed by atoms with van der Waals surface area (Å²) in [7, 11) is 0. The number of nitrogens with zero attached hydrogens (tertiary/aromatic N) is 2. The molecule has 0 aromatic heterocycles. The number of hydrogen-bond donors (Lipinski definition) is 1. The predicted molar refractivity (Wildman–Crippen MR) is 76.5 cm³/mol. The van der Waals surface area contributed by atoms with Crippen LogP contribution in [-0.4, -0.2) is 47.9 Å². The summed E-state index contributed by atoms with van der Waals surface area (Å²) in [6, 6.07) is 6.16. The Balaban J connectivity index is 1.89. The van der Waals surface area contributed by atoms with Crippen LogP contribution in [0.3, 0.4) is 0 Å². The molecule has 1 saturated heterocycles. The first-order valence-corrected chi connectivity index (χ1v) is 7.07. The standard InChI is InChI=1S/C15H22FN3O/c1-12(17)15(20)19-8-2-7-18(9-10-19)11-13-3-5-14(16)6-4-13/h3-6,12H,2,7-11,17H2,1H3. The minimum atomic E-state index is -0.432. The van der Waals surface area contributed by atoms with Crippen molar-refractivity contribution in [3.05, 3.63) is 35.6 Å². The highest BCUT2D eigenvalue weighted by Crippen LogP contribution is 2.10. The maximum atomic E-state index is 12.9. The smallest absolute Gasteiger partial charge is 0.239 e. The van der Waals surface area contributed by atoms with Crippen LogP contribution in [0.4, 0.5) is 4.39 Å². The first kappa shape index (κ1) is 14.9. The van der Waals surface area contributed by atoms with E-state index >= 15 is 0 Å². The lowest BCUT2D eigenvalue weighted by Crippen LogP contribution is -2.43. The highest BCUT2D eigenvalue weighted by molar-refractivity contribution is 5.81. The van der Waals surface area contributed by atoms with E-state index in [0.29, 0.717) is 6.54 Å². The average molecular weight is 279 g/mol. The Kier molecular flexibility index (Phi) is 5.09. The van der Waals surface area contributed by atoms with Gasteiger partial charge >= 0.3 is 0 Å². The number of rotatable bonds is 3. The van der Waals surface area contributed by atoms with Crippen LogP contribution in [0.15, 0.2) is 24.3 Å². The lowest BCUT2D eigenvalue weighted by atomic mass is 10.2. The fourth-order valence-corrected chi connectivity index (χ4v) is 2.49. The Morgan fingerprint density at radius 2 is 1.95 bits per heavy atom. The normalized spacial score (nSPS) is 18.6. The van der Waals surface area contributed by atoms with Crippen LogP contribution in [0, 0.1) is 5.82 Å². The molecule has 1 atom stereocenters. The Bertz CT molecular complexity index is 447. The quantitative estimate of drug-likeness (QED) is 0.904. The molecule has 1 heterocycles. The van der Waals surface area contributed by atoms with E-state index in [1.165, 1.54) is 12.1 Å². The molecular weight excluding hydrogens is 257 g/mol. The van der Waals surface area contributed by atoms with Gasteiger partial charge in [-0.15, -0.1) is 0 Å². The van der Waals surface area contributed by atoms with Gasteiger partial charge in [0.25, 0.3) is 0 Å². The molecule has 1 aliphatic heterocycles. The molecule has 110 valence electrons. The molecule has 0 saturated carbocycles. The summed E-state index contributed by atoms with van der Waals surface area (Å²) in [5.41, 5.74) is 6.75. The fourth-order valence-electron chi connectivity index (χ4n) is 2.49. The van der Waals surface area contributed by atoms with Crippen LogP contribution in [0.2, 0.25) is 0 Å². The molecule has 20 heavy (non-hydrogen) atoms. The lowest BCUT2D eigenvalue weighted by Gasteiger charge is -2.23. The highest BCUT2D eigenvalue weighted by Gasteiger charge is 2.21. The van der Waals surface area contributed by atoms with E-state index in [1.54, 1.807) is 6.92 Å². The van der Waals surface area contributed by atoms with Crippen LogP contribution in [0.5, 0.6) is 0 Å². The summed E-state index contributed by atoms with van der Waals surface area (Å²) in [5, 5.41) is 0. The van der Waals surface area contributed by atoms with Gasteiger partial charge in [0.1, 0.15) is 5.82 Å². The maximum absolute atomic E-state index is 12.9. The van der Waals surface area contributed by atoms with E-state index in [0.717, 1.165) is 38.2 Å². The number of benzene rings is 1. The van der Waals surface area contributed by atoms with Gasteiger partial charge in [0.05, 0.1) is 6.04 Å². The SMILES string of the molecule is CC(N)C(=O)N1CCCN(Cc2ccc(F)cc2)CC1. The summed E-state index contributed by atoms with van der Waals surface area (Å²) < 4.78 is 12.9. The second-order valence-corrected chi connectivity index (χ2v) is 5.37. The van der Waals surface area contributed by atoms with Gasteiger partial charge in [0.15, 0.2) is 0 Å². The van der Waals surface area contributed by atoms with Crippen LogP contribution < -0.4 is 5.73 Å². The lowest BCUT2D eigenvalue weighted by molar-refractivity contribution is -0.132. The van der Waals surface area contributed by atoms with E-state index < -0.39 is 6.04 Å². The zero-order valence-electron chi connectivity index (χ0n) is 11.9. The first-order valence-electron chi connectivity index (χ1n) is 7.07. The van der Waals surface area contributed by atoms with Gasteiger partial charge in [-0.25, -0.2) is 4.39 Å². The summed E-state index contributed by atoms with van der Waals surface area (Å²) in [4.78, 5) is 16.0. The number of carbonyl (C=O) groups is 1. The van der Waals surface area contributed by atoms with Crippen molar-refractivity contribution in [2.24, 2.45) is 5.73 Å². The van der Waals surface area contributed by atoms with Crippen LogP contribution in [-0.2, 0) is 11.3 Å². The Hall–Kier alpha value is -1.46. The molecule has 2 rings (SSSR count). The topological polar surface area (TPSA) is 49.6 Å². The van der Waals surface area contributed by atoms with Crippen molar-refractivity contribution in [1.29, 1.82) is 0 Å². The van der Waals surface area contributed by atoms with Crippen molar-refractivity contribution in [2.45, 2.75) is 25.9 Å². The summed E-state index contributed by atoms with van der Waals surface area (Å²) >= 11 is 0. The molecule has 0 bridgehead atoms. The maximum Gasteiger partial charge on any atom is 0.239 e. The van der Waals surface area contributed by atoms with Crippen molar-refractivity contribution < 1.29 is 9.18 Å². The summed E-state index contributed by atoms with van der Waals surface area (Å²) in [6.45, 7) is 5.77. The van der Waals surface area contributed by atoms with Crippen molar-refractivity contribution >= 4 is 5.91 Å². The molecule has 1 aromatic carbocycles. The third kappa shape index (κ3) is 4.02. The number of hydrogen-bond acceptors (Lipinski definition) is 3. The van der Waals surface area contributed by atoms with Crippen molar-refractivity contribution in [1.82, 2.24) is 9.80 Å². The Labute approximate surface area is 119 Å². The zero-order valence-corrected chi connectivity index (χ0v) is 11.9. The van der Waals surface area contributed by atoms with E-state index in [2.05, 4.69) is 4.90 Å². The molecule has 0 aliphatic carbocycles. The predicted octanol–water partition coefficient (Wildman–Crippen LogP) is 1.21. The van der Waals surface area contributed by atoms with Crippen LogP contribution >= 0.6 is 0 Å². The Morgan fingerprint density at radius 1 is 1.25 bits per heavy atom. The number of nitrogens with two attached hydrogens (primary N) is 1. The molecular formula is C15H22FN3O. The van der Waals surface area contributed by atoms with Crippen molar-refractivity contribution in [3.63, 3.8) is 0 Å². The molecule has 2 N–H and O–H groups in total. The Morgan fingerprint density at radius 3 is 2.60 bits per heavy atom. The molecule has 0 radical (unpaired) electrons. The summed E-state index contributed by atoms with van der Waals surface area (Å²) in [6.07, 6.45) is 0.944. The minimum absolute atomic E-state index is 0.0219. The van der Waals surface area contributed by atoms with E-state index in [1.807, 2.05) is 17.0 Å². The minimum Gasteiger partial charge on any atom is -0.340 e. The molecule has 1 fully saturated rings. The molecule has 5 heteroatoms. The largest absolute Gasteiger partial charge is 0.340 e. The summed E-state index contributed by atoms with van der Waals surface area (Å²) in [5.74, 6) is -0.188. The van der Waals surface area contributed by atoms with E-state index in [-0.39, 0.29) is 11.7 Å². The molecule has 1 aliphatic rings. The van der Waals surface area contributed by atoms with Gasteiger partial charge in [-0.1, -0.05) is 12.1 Å². The van der Waals surface area contributed by atoms with Gasteiger partial charge in [-0.05, 0) is 31.0 Å². The third-order valence-corrected chi connectivity index (χ3v) is 3.61. The third-order valence-electron chi connectivity index (χ3n) is 3.61. The monoisotopic (exact) mass is 279 g/mol. The average Bonchev–Trinajstić information content (AvgIpc) is 2.66. The second-order valence-electron chi connectivity index (χ2n) is 5.37. The zero-order chi connectivity index (χ0) is 14.5. The van der Waals surface area contributed by atoms with Gasteiger partial charge in [-0.2, -0.15) is 0 Å². The van der Waals surface area contributed by atoms with Crippen LogP contribution in [0.25, 0.3) is 0 Å². The molecule has 1 unspecified atom stereocenters. The van der Waals surface area contributed by atoms with Crippen molar-refractivity contribution in [3.8, 4) is 0 Å². The van der Waals surface area contributed by atoms with E-state index in [9.17, 15) is 9.18 Å². The highest BCUT2D eigenvalue weighted by atomic mass is 19.1. The first-order chi connectivity index (χ1) is 9.56. The van der Waals surface area contributed by atoms with Gasteiger partial charge < -0.3 is 10.6 Å². The second kappa shape index (κ2) is 6.81. The van der Waals surface area contributed by atoms with Gasteiger partial charge in [0, 0.05) is 32.7 Å². The van der Waals surface area contributed by atoms with Gasteiger partial charge in [-0.3, -0.25) is 9.69 Å². The van der Waals surface area contributed by atoms with Crippen molar-refractivity contribution in [2.75, 3.05) is 26.2 Å². The number of amides is 1. The molecule has 1 amide bonds. The fraction of sp³-hybridized carbons (Fsp3) is 0.533. The van der Waals surface area contributed by atoms with Gasteiger partial charge in [0.2, 0.25) is 5.91 Å². The number of carbonyl (C=O) groups excluding carboxylic acids is 1. The van der Waals surface area contributed by atoms with E-state index in [4.69, 9.17) is 5.73 Å². The molecule has 0 spiro atoms. The van der Waals surface area contributed by atoms with Crippen LogP contribution in [0.1, 0.15) is 18.9 Å². The number of halogens is 1. The molecule has 4 nitrogen and oxygen atoms in total.